The molecule has 2 amide bonds. The zero-order chi connectivity index (χ0) is 13.5. The van der Waals surface area contributed by atoms with Crippen LogP contribution < -0.4 is 5.32 Å². The van der Waals surface area contributed by atoms with Gasteiger partial charge in [-0.25, -0.2) is 0 Å². The number of rotatable bonds is 4. The first-order chi connectivity index (χ1) is 9.18. The summed E-state index contributed by atoms with van der Waals surface area (Å²) in [5.74, 6) is 0.540. The fourth-order valence-corrected chi connectivity index (χ4v) is 3.53. The molecule has 1 heterocycles. The maximum Gasteiger partial charge on any atom is 0.249 e. The van der Waals surface area contributed by atoms with E-state index in [4.69, 9.17) is 4.74 Å². The molecule has 0 radical (unpaired) electrons. The molecule has 1 N–H and O–H groups in total. The van der Waals surface area contributed by atoms with Crippen LogP contribution in [0, 0.1) is 5.92 Å². The number of carbonyl (C=O) groups excluding carboxylic acids is 2. The lowest BCUT2D eigenvalue weighted by atomic mass is 9.89. The monoisotopic (exact) mass is 266 g/mol. The van der Waals surface area contributed by atoms with Crippen molar-refractivity contribution in [3.63, 3.8) is 0 Å². The number of piperazine rings is 1. The fraction of sp³-hybridized carbons (Fsp3) is 0.857. The number of hydrogen-bond donors (Lipinski definition) is 1. The molecule has 19 heavy (non-hydrogen) atoms. The Morgan fingerprint density at radius 3 is 2.58 bits per heavy atom. The van der Waals surface area contributed by atoms with Crippen LogP contribution in [0.1, 0.15) is 38.5 Å². The van der Waals surface area contributed by atoms with Crippen LogP contribution in [0.25, 0.3) is 0 Å². The van der Waals surface area contributed by atoms with Gasteiger partial charge in [-0.15, -0.1) is 0 Å². The van der Waals surface area contributed by atoms with Gasteiger partial charge in [0, 0.05) is 13.7 Å². The number of methoxy groups -OCH3 is 1. The molecule has 3 fully saturated rings. The number of ether oxygens (including phenoxy) is 1. The van der Waals surface area contributed by atoms with E-state index in [1.165, 1.54) is 0 Å². The molecule has 1 spiro atoms. The summed E-state index contributed by atoms with van der Waals surface area (Å²) in [6.45, 7) is 1.03. The third-order valence-electron chi connectivity index (χ3n) is 4.70. The summed E-state index contributed by atoms with van der Waals surface area (Å²) in [5.41, 5.74) is -0.601. The molecule has 2 aliphatic carbocycles. The Labute approximate surface area is 113 Å². The van der Waals surface area contributed by atoms with Crippen LogP contribution in [0.3, 0.4) is 0 Å². The minimum Gasteiger partial charge on any atom is -0.383 e. The Morgan fingerprint density at radius 1 is 1.32 bits per heavy atom. The molecular weight excluding hydrogens is 244 g/mol. The predicted molar refractivity (Wildman–Crippen MR) is 69.4 cm³/mol. The summed E-state index contributed by atoms with van der Waals surface area (Å²) in [7, 11) is 1.63. The van der Waals surface area contributed by atoms with Crippen molar-refractivity contribution in [1.82, 2.24) is 10.2 Å². The van der Waals surface area contributed by atoms with Crippen molar-refractivity contribution in [3.05, 3.63) is 0 Å². The first-order valence-corrected chi connectivity index (χ1v) is 7.30. The van der Waals surface area contributed by atoms with Gasteiger partial charge in [-0.1, -0.05) is 12.8 Å². The van der Waals surface area contributed by atoms with Crippen LogP contribution in [0.2, 0.25) is 0 Å². The van der Waals surface area contributed by atoms with Crippen molar-refractivity contribution < 1.29 is 14.3 Å². The molecule has 0 aromatic rings. The van der Waals surface area contributed by atoms with Crippen LogP contribution in [-0.2, 0) is 14.3 Å². The zero-order valence-corrected chi connectivity index (χ0v) is 11.5. The fourth-order valence-electron chi connectivity index (χ4n) is 3.53. The van der Waals surface area contributed by atoms with Crippen molar-refractivity contribution in [2.24, 2.45) is 5.92 Å². The number of amides is 2. The molecule has 3 aliphatic rings. The molecule has 1 saturated heterocycles. The Bertz CT molecular complexity index is 386. The molecule has 1 unspecified atom stereocenters. The van der Waals surface area contributed by atoms with E-state index in [2.05, 4.69) is 5.32 Å². The van der Waals surface area contributed by atoms with Crippen molar-refractivity contribution in [1.29, 1.82) is 0 Å². The van der Waals surface area contributed by atoms with Gasteiger partial charge in [0.25, 0.3) is 0 Å². The summed E-state index contributed by atoms with van der Waals surface area (Å²) >= 11 is 0. The maximum atomic E-state index is 12.8. The number of nitrogens with one attached hydrogen (secondary N) is 1. The molecule has 0 aromatic heterocycles. The second-order valence-electron chi connectivity index (χ2n) is 6.05. The SMILES string of the molecule is COCCN1C(=O)C2(CCCC2)NC(=O)C1C1CC1. The predicted octanol–water partition coefficient (Wildman–Crippen LogP) is 0.683. The lowest BCUT2D eigenvalue weighted by molar-refractivity contribution is -0.156. The van der Waals surface area contributed by atoms with E-state index in [-0.39, 0.29) is 17.9 Å². The van der Waals surface area contributed by atoms with Crippen molar-refractivity contribution >= 4 is 11.8 Å². The average molecular weight is 266 g/mol. The molecule has 2 saturated carbocycles. The van der Waals surface area contributed by atoms with Crippen LogP contribution in [-0.4, -0.2) is 48.6 Å². The van der Waals surface area contributed by atoms with E-state index in [9.17, 15) is 9.59 Å². The summed E-state index contributed by atoms with van der Waals surface area (Å²) < 4.78 is 5.10. The first-order valence-electron chi connectivity index (χ1n) is 7.30. The third kappa shape index (κ3) is 2.14. The van der Waals surface area contributed by atoms with Gasteiger partial charge < -0.3 is 15.0 Å². The zero-order valence-electron chi connectivity index (χ0n) is 11.5. The molecule has 1 aliphatic heterocycles. The van der Waals surface area contributed by atoms with Gasteiger partial charge in [0.1, 0.15) is 11.6 Å². The molecule has 5 nitrogen and oxygen atoms in total. The molecule has 0 aromatic carbocycles. The lowest BCUT2D eigenvalue weighted by Gasteiger charge is -2.44. The first kappa shape index (κ1) is 12.9. The number of hydrogen-bond acceptors (Lipinski definition) is 3. The van der Waals surface area contributed by atoms with Crippen LogP contribution in [0.15, 0.2) is 0 Å². The van der Waals surface area contributed by atoms with Crippen molar-refractivity contribution in [2.75, 3.05) is 20.3 Å². The van der Waals surface area contributed by atoms with Gasteiger partial charge in [-0.3, -0.25) is 9.59 Å². The van der Waals surface area contributed by atoms with E-state index in [1.807, 2.05) is 0 Å². The number of nitrogens with zero attached hydrogens (tertiary/aromatic N) is 1. The Hall–Kier alpha value is -1.10. The molecule has 5 heteroatoms. The van der Waals surface area contributed by atoms with Crippen LogP contribution in [0.5, 0.6) is 0 Å². The molecule has 1 atom stereocenters. The van der Waals surface area contributed by atoms with E-state index in [0.717, 1.165) is 38.5 Å². The highest BCUT2D eigenvalue weighted by molar-refractivity contribution is 6.00. The summed E-state index contributed by atoms with van der Waals surface area (Å²) in [6, 6.07) is -0.256. The van der Waals surface area contributed by atoms with Gasteiger partial charge in [-0.05, 0) is 31.6 Å². The Morgan fingerprint density at radius 2 is 2.00 bits per heavy atom. The minimum atomic E-state index is -0.601. The van der Waals surface area contributed by atoms with E-state index >= 15 is 0 Å². The molecule has 3 rings (SSSR count). The molecule has 0 bridgehead atoms. The largest absolute Gasteiger partial charge is 0.383 e. The van der Waals surface area contributed by atoms with Gasteiger partial charge >= 0.3 is 0 Å². The minimum absolute atomic E-state index is 0.0557. The Kier molecular flexibility index (Phi) is 3.25. The average Bonchev–Trinajstić information content (AvgIpc) is 3.12. The van der Waals surface area contributed by atoms with Crippen molar-refractivity contribution in [2.45, 2.75) is 50.1 Å². The second kappa shape index (κ2) is 4.78. The van der Waals surface area contributed by atoms with Gasteiger partial charge in [0.15, 0.2) is 0 Å². The summed E-state index contributed by atoms with van der Waals surface area (Å²) in [4.78, 5) is 27.0. The lowest BCUT2D eigenvalue weighted by Crippen LogP contribution is -2.70. The van der Waals surface area contributed by atoms with Crippen molar-refractivity contribution in [3.8, 4) is 0 Å². The molecular formula is C14H22N2O3. The summed E-state index contributed by atoms with van der Waals surface area (Å²) in [5, 5.41) is 3.05. The van der Waals surface area contributed by atoms with Gasteiger partial charge in [0.2, 0.25) is 11.8 Å². The standard InChI is InChI=1S/C14H22N2O3/c1-19-9-8-16-11(10-4-5-10)12(17)15-14(13(16)18)6-2-3-7-14/h10-11H,2-9H2,1H3,(H,15,17). The highest BCUT2D eigenvalue weighted by Gasteiger charge is 2.55. The van der Waals surface area contributed by atoms with E-state index in [0.29, 0.717) is 19.1 Å². The highest BCUT2D eigenvalue weighted by atomic mass is 16.5. The smallest absolute Gasteiger partial charge is 0.249 e. The quantitative estimate of drug-likeness (QED) is 0.814. The van der Waals surface area contributed by atoms with Crippen LogP contribution >= 0.6 is 0 Å². The number of carbonyl (C=O) groups is 2. The topological polar surface area (TPSA) is 58.6 Å². The maximum absolute atomic E-state index is 12.8. The molecule has 106 valence electrons. The van der Waals surface area contributed by atoms with Gasteiger partial charge in [0.05, 0.1) is 6.61 Å². The van der Waals surface area contributed by atoms with E-state index < -0.39 is 5.54 Å². The Balaban J connectivity index is 1.84. The second-order valence-corrected chi connectivity index (χ2v) is 6.05. The normalized spacial score (nSPS) is 29.9. The van der Waals surface area contributed by atoms with Crippen LogP contribution in [0.4, 0.5) is 0 Å². The highest BCUT2D eigenvalue weighted by Crippen LogP contribution is 2.41. The third-order valence-corrected chi connectivity index (χ3v) is 4.70. The van der Waals surface area contributed by atoms with E-state index in [1.54, 1.807) is 12.0 Å². The summed E-state index contributed by atoms with van der Waals surface area (Å²) in [6.07, 6.45) is 5.75. The van der Waals surface area contributed by atoms with Gasteiger partial charge in [-0.2, -0.15) is 0 Å².